The monoisotopic (exact) mass is 244 g/mol. The second kappa shape index (κ2) is 7.45. The van der Waals surface area contributed by atoms with E-state index in [1.807, 2.05) is 0 Å². The number of rotatable bonds is 7. The first-order valence-electron chi connectivity index (χ1n) is 4.43. The predicted octanol–water partition coefficient (Wildman–Crippen LogP) is 1.60. The van der Waals surface area contributed by atoms with Gasteiger partial charge in [0, 0.05) is 25.8 Å². The lowest BCUT2D eigenvalue weighted by Gasteiger charge is -1.98. The normalized spacial score (nSPS) is 9.87. The van der Waals surface area contributed by atoms with Crippen molar-refractivity contribution in [2.45, 2.75) is 10.8 Å². The van der Waals surface area contributed by atoms with Gasteiger partial charge in [0.2, 0.25) is 5.13 Å². The van der Waals surface area contributed by atoms with Gasteiger partial charge in [-0.15, -0.1) is 10.2 Å². The molecule has 15 heavy (non-hydrogen) atoms. The van der Waals surface area contributed by atoms with E-state index in [1.54, 1.807) is 18.9 Å². The van der Waals surface area contributed by atoms with Crippen LogP contribution in [0.2, 0.25) is 0 Å². The van der Waals surface area contributed by atoms with Crippen molar-refractivity contribution < 1.29 is 4.74 Å². The Hall–Kier alpha value is -0.840. The molecule has 0 aliphatic heterocycles. The fourth-order valence-corrected chi connectivity index (χ4v) is 2.48. The zero-order chi connectivity index (χ0) is 10.9. The number of anilines is 1. The zero-order valence-corrected chi connectivity index (χ0v) is 10.0. The van der Waals surface area contributed by atoms with Gasteiger partial charge in [-0.25, -0.2) is 0 Å². The molecule has 82 valence electrons. The predicted molar refractivity (Wildman–Crippen MR) is 61.2 cm³/mol. The molecule has 0 aliphatic carbocycles. The van der Waals surface area contributed by atoms with E-state index in [0.717, 1.165) is 21.8 Å². The molecule has 0 atom stereocenters. The molecule has 5 nitrogen and oxygen atoms in total. The molecule has 1 aromatic heterocycles. The summed E-state index contributed by atoms with van der Waals surface area (Å²) in [4.78, 5) is 0. The molecular formula is C8H12N4OS2. The summed E-state index contributed by atoms with van der Waals surface area (Å²) in [5, 5.41) is 20.2. The van der Waals surface area contributed by atoms with Crippen LogP contribution in [-0.2, 0) is 4.74 Å². The van der Waals surface area contributed by atoms with Crippen LogP contribution in [0.1, 0.15) is 6.42 Å². The highest BCUT2D eigenvalue weighted by molar-refractivity contribution is 8.01. The molecule has 7 heteroatoms. The van der Waals surface area contributed by atoms with E-state index in [1.165, 1.54) is 11.3 Å². The topological polar surface area (TPSA) is 70.8 Å². The number of methoxy groups -OCH3 is 1. The summed E-state index contributed by atoms with van der Waals surface area (Å²) in [6.07, 6.45) is 0.538. The fourth-order valence-electron chi connectivity index (χ4n) is 0.784. The highest BCUT2D eigenvalue weighted by Gasteiger charge is 2.03. The van der Waals surface area contributed by atoms with E-state index in [9.17, 15) is 0 Å². The summed E-state index contributed by atoms with van der Waals surface area (Å²) in [5.41, 5.74) is 0. The van der Waals surface area contributed by atoms with Crippen molar-refractivity contribution in [3.05, 3.63) is 0 Å². The first-order valence-corrected chi connectivity index (χ1v) is 6.23. The van der Waals surface area contributed by atoms with Gasteiger partial charge in [-0.3, -0.25) is 0 Å². The SMILES string of the molecule is COCCNc1nnc(SCCC#N)s1. The summed E-state index contributed by atoms with van der Waals surface area (Å²) in [6, 6.07) is 2.09. The maximum absolute atomic E-state index is 8.37. The van der Waals surface area contributed by atoms with Crippen molar-refractivity contribution in [3.8, 4) is 6.07 Å². The average Bonchev–Trinajstić information content (AvgIpc) is 2.67. The second-order valence-electron chi connectivity index (χ2n) is 2.55. The largest absolute Gasteiger partial charge is 0.383 e. The van der Waals surface area contributed by atoms with Gasteiger partial charge < -0.3 is 10.1 Å². The summed E-state index contributed by atoms with van der Waals surface area (Å²) in [6.45, 7) is 1.38. The van der Waals surface area contributed by atoms with Crippen molar-refractivity contribution >= 4 is 28.2 Å². The third kappa shape index (κ3) is 4.97. The van der Waals surface area contributed by atoms with Crippen LogP contribution in [0.25, 0.3) is 0 Å². The highest BCUT2D eigenvalue weighted by atomic mass is 32.2. The van der Waals surface area contributed by atoms with Crippen LogP contribution in [0.5, 0.6) is 0 Å². The smallest absolute Gasteiger partial charge is 0.206 e. The summed E-state index contributed by atoms with van der Waals surface area (Å²) >= 11 is 3.05. The molecule has 1 N–H and O–H groups in total. The molecule has 0 saturated carbocycles. The molecular weight excluding hydrogens is 232 g/mol. The lowest BCUT2D eigenvalue weighted by atomic mass is 10.6. The Morgan fingerprint density at radius 1 is 1.60 bits per heavy atom. The zero-order valence-electron chi connectivity index (χ0n) is 8.39. The Morgan fingerprint density at radius 3 is 3.20 bits per heavy atom. The van der Waals surface area contributed by atoms with Gasteiger partial charge in [0.15, 0.2) is 4.34 Å². The first kappa shape index (κ1) is 12.2. The number of hydrogen-bond acceptors (Lipinski definition) is 7. The Bertz CT molecular complexity index is 323. The standard InChI is InChI=1S/C8H12N4OS2/c1-13-5-4-10-7-11-12-8(15-7)14-6-2-3-9/h2,4-6H2,1H3,(H,10,11). The van der Waals surface area contributed by atoms with Crippen LogP contribution >= 0.6 is 23.1 Å². The van der Waals surface area contributed by atoms with Crippen molar-refractivity contribution in [2.75, 3.05) is 31.3 Å². The lowest BCUT2D eigenvalue weighted by molar-refractivity contribution is 0.211. The number of hydrogen-bond donors (Lipinski definition) is 1. The van der Waals surface area contributed by atoms with Crippen molar-refractivity contribution in [1.29, 1.82) is 5.26 Å². The molecule has 1 rings (SSSR count). The number of thioether (sulfide) groups is 1. The van der Waals surface area contributed by atoms with Crippen LogP contribution in [0.15, 0.2) is 4.34 Å². The van der Waals surface area contributed by atoms with E-state index >= 15 is 0 Å². The van der Waals surface area contributed by atoms with Crippen LogP contribution in [0.3, 0.4) is 0 Å². The number of aromatic nitrogens is 2. The molecule has 0 bridgehead atoms. The van der Waals surface area contributed by atoms with Gasteiger partial charge in [-0.1, -0.05) is 23.1 Å². The Morgan fingerprint density at radius 2 is 2.47 bits per heavy atom. The van der Waals surface area contributed by atoms with Gasteiger partial charge in [-0.05, 0) is 0 Å². The average molecular weight is 244 g/mol. The Labute approximate surface area is 96.8 Å². The van der Waals surface area contributed by atoms with Gasteiger partial charge in [0.25, 0.3) is 0 Å². The van der Waals surface area contributed by atoms with Crippen LogP contribution in [0, 0.1) is 11.3 Å². The molecule has 1 aromatic rings. The third-order valence-electron chi connectivity index (χ3n) is 1.43. The summed E-state index contributed by atoms with van der Waals surface area (Å²) in [7, 11) is 1.66. The van der Waals surface area contributed by atoms with Crippen molar-refractivity contribution in [2.24, 2.45) is 0 Å². The molecule has 0 aliphatic rings. The molecule has 0 amide bonds. The number of nitriles is 1. The molecule has 0 saturated heterocycles. The van der Waals surface area contributed by atoms with Gasteiger partial charge in [0.05, 0.1) is 12.7 Å². The van der Waals surface area contributed by atoms with Gasteiger partial charge >= 0.3 is 0 Å². The third-order valence-corrected chi connectivity index (χ3v) is 3.44. The lowest BCUT2D eigenvalue weighted by Crippen LogP contribution is -2.06. The second-order valence-corrected chi connectivity index (χ2v) is 4.87. The minimum Gasteiger partial charge on any atom is -0.383 e. The maximum atomic E-state index is 8.37. The molecule has 0 fully saturated rings. The van der Waals surface area contributed by atoms with Crippen molar-refractivity contribution in [1.82, 2.24) is 10.2 Å². The van der Waals surface area contributed by atoms with E-state index in [-0.39, 0.29) is 0 Å². The summed E-state index contributed by atoms with van der Waals surface area (Å²) in [5.74, 6) is 0.767. The molecule has 0 spiro atoms. The maximum Gasteiger partial charge on any atom is 0.206 e. The van der Waals surface area contributed by atoms with Crippen LogP contribution in [0.4, 0.5) is 5.13 Å². The minimum absolute atomic E-state index is 0.538. The quantitative estimate of drug-likeness (QED) is 0.580. The molecule has 0 aromatic carbocycles. The number of nitrogens with one attached hydrogen (secondary N) is 1. The van der Waals surface area contributed by atoms with E-state index < -0.39 is 0 Å². The molecule has 0 radical (unpaired) electrons. The van der Waals surface area contributed by atoms with Gasteiger partial charge in [0.1, 0.15) is 0 Å². The Kier molecular flexibility index (Phi) is 6.08. The number of ether oxygens (including phenoxy) is 1. The fraction of sp³-hybridized carbons (Fsp3) is 0.625. The van der Waals surface area contributed by atoms with Crippen molar-refractivity contribution in [3.63, 3.8) is 0 Å². The minimum atomic E-state index is 0.538. The van der Waals surface area contributed by atoms with E-state index in [0.29, 0.717) is 13.0 Å². The summed E-state index contributed by atoms with van der Waals surface area (Å²) < 4.78 is 5.80. The first-order chi connectivity index (χ1) is 7.36. The van der Waals surface area contributed by atoms with E-state index in [2.05, 4.69) is 21.6 Å². The van der Waals surface area contributed by atoms with Crippen LogP contribution < -0.4 is 5.32 Å². The molecule has 1 heterocycles. The van der Waals surface area contributed by atoms with Crippen LogP contribution in [-0.4, -0.2) is 36.2 Å². The van der Waals surface area contributed by atoms with E-state index in [4.69, 9.17) is 10.00 Å². The highest BCUT2D eigenvalue weighted by Crippen LogP contribution is 2.25. The number of nitrogens with zero attached hydrogens (tertiary/aromatic N) is 3. The Balaban J connectivity index is 2.26. The van der Waals surface area contributed by atoms with Gasteiger partial charge in [-0.2, -0.15) is 5.26 Å². The molecule has 0 unspecified atom stereocenters.